The van der Waals surface area contributed by atoms with Gasteiger partial charge in [0.2, 0.25) is 0 Å². The molecule has 0 spiro atoms. The van der Waals surface area contributed by atoms with Gasteiger partial charge >= 0.3 is 21.5 Å². The number of rotatable bonds is 10. The summed E-state index contributed by atoms with van der Waals surface area (Å²) in [5.74, 6) is -2.03. The predicted molar refractivity (Wildman–Crippen MR) is 107 cm³/mol. The largest absolute Gasteiger partial charge is 0.511 e. The lowest BCUT2D eigenvalue weighted by molar-refractivity contribution is -0.151. The Labute approximate surface area is 188 Å². The Kier molecular flexibility index (Phi) is 8.34. The number of hydrogen-bond donors (Lipinski definition) is 1. The summed E-state index contributed by atoms with van der Waals surface area (Å²) in [4.78, 5) is 27.6. The summed E-state index contributed by atoms with van der Waals surface area (Å²) < 4.78 is 73.3. The van der Waals surface area contributed by atoms with E-state index < -0.39 is 52.7 Å². The first-order chi connectivity index (χ1) is 14.7. The second kappa shape index (κ2) is 10.2. The van der Waals surface area contributed by atoms with Crippen molar-refractivity contribution in [3.8, 4) is 5.75 Å². The Morgan fingerprint density at radius 1 is 1.31 bits per heavy atom. The number of carbonyl (C=O) groups excluding carboxylic acids is 2. The molecule has 0 radical (unpaired) electrons. The predicted octanol–water partition coefficient (Wildman–Crippen LogP) is 2.70. The van der Waals surface area contributed by atoms with Gasteiger partial charge in [-0.15, -0.1) is 0 Å². The van der Waals surface area contributed by atoms with Crippen molar-refractivity contribution in [1.29, 1.82) is 0 Å². The Hall–Kier alpha value is -2.12. The number of pyridine rings is 1. The lowest BCUT2D eigenvalue weighted by atomic mass is 10.2. The molecule has 180 valence electrons. The second-order valence-electron chi connectivity index (χ2n) is 7.50. The summed E-state index contributed by atoms with van der Waals surface area (Å²) >= 11 is 5.93. The van der Waals surface area contributed by atoms with Crippen LogP contribution in [0, 0.1) is 5.92 Å². The number of alkyl halides is 3. The van der Waals surface area contributed by atoms with Crippen molar-refractivity contribution in [2.45, 2.75) is 51.2 Å². The lowest BCUT2D eigenvalue weighted by Gasteiger charge is -2.28. The van der Waals surface area contributed by atoms with Gasteiger partial charge in [-0.2, -0.15) is 17.5 Å². The van der Waals surface area contributed by atoms with Gasteiger partial charge in [0.25, 0.3) is 5.91 Å². The zero-order valence-electron chi connectivity index (χ0n) is 17.5. The van der Waals surface area contributed by atoms with Crippen molar-refractivity contribution in [3.05, 3.63) is 23.0 Å². The molecule has 1 saturated carbocycles. The maximum atomic E-state index is 13.1. The fraction of sp³-hybridized carbons (Fsp3) is 0.611. The van der Waals surface area contributed by atoms with Crippen LogP contribution in [0.1, 0.15) is 44.0 Å². The summed E-state index contributed by atoms with van der Waals surface area (Å²) in [6.45, 7) is 2.35. The van der Waals surface area contributed by atoms with Crippen LogP contribution in [0.15, 0.2) is 12.3 Å². The first kappa shape index (κ1) is 26.1. The van der Waals surface area contributed by atoms with Gasteiger partial charge in [-0.1, -0.05) is 25.4 Å². The van der Waals surface area contributed by atoms with Crippen LogP contribution >= 0.6 is 11.6 Å². The molecule has 1 atom stereocenters. The van der Waals surface area contributed by atoms with E-state index in [0.29, 0.717) is 0 Å². The zero-order chi connectivity index (χ0) is 24.3. The zero-order valence-corrected chi connectivity index (χ0v) is 19.1. The smallest absolute Gasteiger partial charge is 0.490 e. The molecule has 1 aromatic rings. The van der Waals surface area contributed by atoms with Gasteiger partial charge in [0.05, 0.1) is 23.7 Å². The number of halogens is 4. The molecule has 0 bridgehead atoms. The SMILES string of the molecule is CC(C)C(=O)OCN([C@@H](C)COc1cnc(Cl)c(C(=O)NC2CC2)c1)S(=O)(=O)C(F)(F)F. The lowest BCUT2D eigenvalue weighted by Crippen LogP contribution is -2.49. The molecule has 1 aliphatic carbocycles. The van der Waals surface area contributed by atoms with Crippen LogP contribution in [0.2, 0.25) is 5.15 Å². The highest BCUT2D eigenvalue weighted by Crippen LogP contribution is 2.29. The van der Waals surface area contributed by atoms with Gasteiger partial charge < -0.3 is 14.8 Å². The number of sulfonamides is 1. The average molecular weight is 502 g/mol. The van der Waals surface area contributed by atoms with Gasteiger partial charge in [-0.25, -0.2) is 13.4 Å². The fourth-order valence-corrected chi connectivity index (χ4v) is 3.50. The highest BCUT2D eigenvalue weighted by atomic mass is 35.5. The van der Waals surface area contributed by atoms with Gasteiger partial charge in [-0.05, 0) is 25.8 Å². The van der Waals surface area contributed by atoms with Crippen molar-refractivity contribution in [3.63, 3.8) is 0 Å². The number of ether oxygens (including phenoxy) is 2. The molecule has 2 rings (SSSR count). The molecule has 0 aliphatic heterocycles. The van der Waals surface area contributed by atoms with E-state index >= 15 is 0 Å². The summed E-state index contributed by atoms with van der Waals surface area (Å²) in [6.07, 6.45) is 2.83. The second-order valence-corrected chi connectivity index (χ2v) is 9.74. The third-order valence-corrected chi connectivity index (χ3v) is 6.33. The van der Waals surface area contributed by atoms with E-state index in [-0.39, 0.29) is 26.8 Å². The molecular weight excluding hydrogens is 479 g/mol. The summed E-state index contributed by atoms with van der Waals surface area (Å²) in [5.41, 5.74) is -5.60. The Morgan fingerprint density at radius 3 is 2.47 bits per heavy atom. The molecule has 1 N–H and O–H groups in total. The monoisotopic (exact) mass is 501 g/mol. The standard InChI is InChI=1S/C18H23ClF3N3O6S/c1-10(2)17(27)31-9-25(32(28,29)18(20,21)22)11(3)8-30-13-6-14(15(19)23-7-13)16(26)24-12-4-5-12/h6-7,10-12H,4-5,8-9H2,1-3H3,(H,24,26)/t11-/m0/s1. The molecular formula is C18H23ClF3N3O6S. The number of hydrogen-bond acceptors (Lipinski definition) is 7. The van der Waals surface area contributed by atoms with Crippen molar-refractivity contribution in [2.75, 3.05) is 13.3 Å². The number of esters is 1. The Bertz CT molecular complexity index is 954. The van der Waals surface area contributed by atoms with E-state index in [1.807, 2.05) is 0 Å². The molecule has 0 aromatic carbocycles. The molecule has 0 saturated heterocycles. The van der Waals surface area contributed by atoms with Gasteiger partial charge in [-0.3, -0.25) is 9.59 Å². The van der Waals surface area contributed by atoms with Crippen LogP contribution in [-0.4, -0.2) is 60.5 Å². The number of nitrogens with one attached hydrogen (secondary N) is 1. The molecule has 1 aliphatic rings. The van der Waals surface area contributed by atoms with E-state index in [1.165, 1.54) is 19.9 Å². The first-order valence-electron chi connectivity index (χ1n) is 9.58. The number of carbonyl (C=O) groups is 2. The van der Waals surface area contributed by atoms with Crippen molar-refractivity contribution in [2.24, 2.45) is 5.92 Å². The van der Waals surface area contributed by atoms with Crippen LogP contribution in [0.5, 0.6) is 5.75 Å². The van der Waals surface area contributed by atoms with Crippen LogP contribution in [0.3, 0.4) is 0 Å². The van der Waals surface area contributed by atoms with Crippen molar-refractivity contribution >= 4 is 33.5 Å². The minimum atomic E-state index is -5.82. The summed E-state index contributed by atoms with van der Waals surface area (Å²) in [5, 5.41) is 2.62. The Balaban J connectivity index is 2.14. The highest BCUT2D eigenvalue weighted by Gasteiger charge is 2.52. The minimum Gasteiger partial charge on any atom is -0.490 e. The van der Waals surface area contributed by atoms with Crippen LogP contribution in [0.25, 0.3) is 0 Å². The molecule has 9 nitrogen and oxygen atoms in total. The molecule has 14 heteroatoms. The quantitative estimate of drug-likeness (QED) is 0.298. The van der Waals surface area contributed by atoms with Gasteiger partial charge in [0.15, 0.2) is 6.73 Å². The van der Waals surface area contributed by atoms with Gasteiger partial charge in [0.1, 0.15) is 17.5 Å². The maximum Gasteiger partial charge on any atom is 0.511 e. The normalized spacial score (nSPS) is 15.5. The van der Waals surface area contributed by atoms with E-state index in [4.69, 9.17) is 21.1 Å². The molecule has 1 amide bonds. The molecule has 0 unspecified atom stereocenters. The van der Waals surface area contributed by atoms with E-state index in [9.17, 15) is 31.2 Å². The van der Waals surface area contributed by atoms with Crippen molar-refractivity contribution in [1.82, 2.24) is 14.6 Å². The number of nitrogens with zero attached hydrogens (tertiary/aromatic N) is 2. The topological polar surface area (TPSA) is 115 Å². The third kappa shape index (κ3) is 6.69. The van der Waals surface area contributed by atoms with Crippen LogP contribution < -0.4 is 10.1 Å². The van der Waals surface area contributed by atoms with Crippen LogP contribution in [-0.2, 0) is 19.6 Å². The van der Waals surface area contributed by atoms with E-state index in [0.717, 1.165) is 26.0 Å². The molecule has 1 heterocycles. The van der Waals surface area contributed by atoms with E-state index in [2.05, 4.69) is 10.3 Å². The molecule has 32 heavy (non-hydrogen) atoms. The molecule has 1 aromatic heterocycles. The highest BCUT2D eigenvalue weighted by molar-refractivity contribution is 7.90. The summed E-state index contributed by atoms with van der Waals surface area (Å²) in [6, 6.07) is -0.0833. The number of amides is 1. The van der Waals surface area contributed by atoms with Crippen LogP contribution in [0.4, 0.5) is 13.2 Å². The van der Waals surface area contributed by atoms with Gasteiger partial charge in [0, 0.05) is 6.04 Å². The fourth-order valence-electron chi connectivity index (χ4n) is 2.32. The maximum absolute atomic E-state index is 13.1. The average Bonchev–Trinajstić information content (AvgIpc) is 3.49. The third-order valence-electron chi connectivity index (χ3n) is 4.36. The molecule has 1 fully saturated rings. The first-order valence-corrected chi connectivity index (χ1v) is 11.4. The summed E-state index contributed by atoms with van der Waals surface area (Å²) in [7, 11) is -5.82. The Morgan fingerprint density at radius 2 is 1.94 bits per heavy atom. The number of aromatic nitrogens is 1. The van der Waals surface area contributed by atoms with E-state index in [1.54, 1.807) is 0 Å². The van der Waals surface area contributed by atoms with Crippen molar-refractivity contribution < 1.29 is 40.7 Å². The minimum absolute atomic E-state index is 0.00858.